The smallest absolute Gasteiger partial charge is 0.250 e. The first-order valence-corrected chi connectivity index (χ1v) is 7.52. The van der Waals surface area contributed by atoms with Crippen LogP contribution in [0.1, 0.15) is 51.8 Å². The number of hydrogen-bond donors (Lipinski definition) is 0. The van der Waals surface area contributed by atoms with Crippen LogP contribution < -0.4 is 0 Å². The van der Waals surface area contributed by atoms with Crippen LogP contribution in [-0.2, 0) is 6.54 Å². The minimum absolute atomic E-state index is 0.552. The van der Waals surface area contributed by atoms with Gasteiger partial charge in [0.2, 0.25) is 0 Å². The molecule has 0 radical (unpaired) electrons. The molecule has 0 spiro atoms. The fraction of sp³-hybridized carbons (Fsp3) is 0.588. The summed E-state index contributed by atoms with van der Waals surface area (Å²) in [6.45, 7) is 12.7. The molecule has 2 heteroatoms. The monoisotopic (exact) mass is 257 g/mol. The molecule has 0 saturated heterocycles. The maximum absolute atomic E-state index is 2.64. The van der Waals surface area contributed by atoms with Crippen LogP contribution in [0.25, 0.3) is 0 Å². The molecule has 0 fully saturated rings. The van der Waals surface area contributed by atoms with Gasteiger partial charge in [-0.1, -0.05) is 38.1 Å². The largest absolute Gasteiger partial charge is 0.256 e. The van der Waals surface area contributed by atoms with E-state index >= 15 is 0 Å². The number of hydrogen-bond acceptors (Lipinski definition) is 1. The lowest BCUT2D eigenvalue weighted by Crippen LogP contribution is -2.43. The van der Waals surface area contributed by atoms with Crippen LogP contribution in [-0.4, -0.2) is 27.4 Å². The molecule has 1 aromatic rings. The maximum atomic E-state index is 2.64. The molecular formula is C17H25N2+. The van der Waals surface area contributed by atoms with Gasteiger partial charge in [-0.15, -0.1) is 0 Å². The SMILES string of the molecule is CC(C)C1=[N+]2Cc3ccccc3[C@H]2[C@@H](C)N1C(C)C. The van der Waals surface area contributed by atoms with E-state index in [-0.39, 0.29) is 0 Å². The highest BCUT2D eigenvalue weighted by Crippen LogP contribution is 2.41. The van der Waals surface area contributed by atoms with E-state index in [0.29, 0.717) is 24.0 Å². The first kappa shape index (κ1) is 12.7. The molecule has 2 aliphatic rings. The molecule has 2 atom stereocenters. The number of amidine groups is 1. The molecule has 2 nitrogen and oxygen atoms in total. The van der Waals surface area contributed by atoms with Crippen molar-refractivity contribution in [3.63, 3.8) is 0 Å². The second kappa shape index (κ2) is 4.36. The van der Waals surface area contributed by atoms with E-state index in [0.717, 1.165) is 6.54 Å². The Hall–Kier alpha value is -1.31. The van der Waals surface area contributed by atoms with Crippen molar-refractivity contribution in [3.8, 4) is 0 Å². The van der Waals surface area contributed by atoms with Gasteiger partial charge >= 0.3 is 0 Å². The highest BCUT2D eigenvalue weighted by Gasteiger charge is 2.51. The van der Waals surface area contributed by atoms with Crippen LogP contribution in [0.2, 0.25) is 0 Å². The Morgan fingerprint density at radius 1 is 1.16 bits per heavy atom. The van der Waals surface area contributed by atoms with Gasteiger partial charge in [0.05, 0.1) is 12.0 Å². The third-order valence-corrected chi connectivity index (χ3v) is 4.58. The second-order valence-corrected chi connectivity index (χ2v) is 6.53. The quantitative estimate of drug-likeness (QED) is 0.736. The van der Waals surface area contributed by atoms with Crippen molar-refractivity contribution in [2.45, 2.75) is 59.3 Å². The molecule has 19 heavy (non-hydrogen) atoms. The van der Waals surface area contributed by atoms with Crippen LogP contribution in [0.15, 0.2) is 24.3 Å². The van der Waals surface area contributed by atoms with E-state index in [1.165, 1.54) is 17.0 Å². The Balaban J connectivity index is 2.13. The van der Waals surface area contributed by atoms with Crippen molar-refractivity contribution in [1.29, 1.82) is 0 Å². The summed E-state index contributed by atoms with van der Waals surface area (Å²) in [4.78, 5) is 2.63. The van der Waals surface area contributed by atoms with E-state index in [1.54, 1.807) is 0 Å². The predicted molar refractivity (Wildman–Crippen MR) is 79.4 cm³/mol. The molecule has 0 aliphatic carbocycles. The Morgan fingerprint density at radius 2 is 1.84 bits per heavy atom. The summed E-state index contributed by atoms with van der Waals surface area (Å²) in [5.74, 6) is 2.12. The summed E-state index contributed by atoms with van der Waals surface area (Å²) >= 11 is 0. The van der Waals surface area contributed by atoms with Crippen LogP contribution in [0.5, 0.6) is 0 Å². The molecule has 1 aromatic carbocycles. The summed E-state index contributed by atoms with van der Waals surface area (Å²) in [5.41, 5.74) is 3.05. The van der Waals surface area contributed by atoms with Gasteiger partial charge in [-0.3, -0.25) is 9.48 Å². The lowest BCUT2D eigenvalue weighted by Gasteiger charge is -2.25. The van der Waals surface area contributed by atoms with Gasteiger partial charge in [-0.05, 0) is 20.8 Å². The summed E-state index contributed by atoms with van der Waals surface area (Å²) < 4.78 is 2.64. The van der Waals surface area contributed by atoms with Crippen molar-refractivity contribution < 1.29 is 4.58 Å². The maximum Gasteiger partial charge on any atom is 0.250 e. The minimum Gasteiger partial charge on any atom is -0.256 e. The van der Waals surface area contributed by atoms with E-state index in [1.807, 2.05) is 0 Å². The van der Waals surface area contributed by atoms with Gasteiger partial charge in [0.15, 0.2) is 6.04 Å². The molecule has 0 unspecified atom stereocenters. The van der Waals surface area contributed by atoms with Crippen molar-refractivity contribution in [2.75, 3.05) is 0 Å². The number of rotatable bonds is 2. The van der Waals surface area contributed by atoms with Gasteiger partial charge in [-0.2, -0.15) is 0 Å². The van der Waals surface area contributed by atoms with Gasteiger partial charge < -0.3 is 0 Å². The van der Waals surface area contributed by atoms with Gasteiger partial charge in [-0.25, -0.2) is 0 Å². The zero-order chi connectivity index (χ0) is 13.7. The zero-order valence-electron chi connectivity index (χ0n) is 12.7. The van der Waals surface area contributed by atoms with Crippen molar-refractivity contribution >= 4 is 5.84 Å². The Bertz CT molecular complexity index is 528. The molecule has 0 bridgehead atoms. The molecule has 0 saturated carbocycles. The summed E-state index contributed by atoms with van der Waals surface area (Å²) in [7, 11) is 0. The van der Waals surface area contributed by atoms with E-state index in [2.05, 4.69) is 68.4 Å². The van der Waals surface area contributed by atoms with Gasteiger partial charge in [0, 0.05) is 11.1 Å². The standard InChI is InChI=1S/C17H25N2/c1-11(2)17-18-10-14-8-6-7-9-15(14)16(18)13(5)19(17)12(3)4/h6-9,11-13,16H,10H2,1-5H3/q+1/t13-,16-/m1/s1. The highest BCUT2D eigenvalue weighted by atomic mass is 15.4. The molecule has 2 aliphatic heterocycles. The first-order chi connectivity index (χ1) is 9.02. The zero-order valence-corrected chi connectivity index (χ0v) is 12.7. The molecule has 102 valence electrons. The molecule has 3 rings (SSSR count). The Kier molecular flexibility index (Phi) is 2.92. The minimum atomic E-state index is 0.552. The van der Waals surface area contributed by atoms with Gasteiger partial charge in [0.25, 0.3) is 5.84 Å². The third kappa shape index (κ3) is 1.73. The van der Waals surface area contributed by atoms with Crippen LogP contribution in [0.3, 0.4) is 0 Å². The Morgan fingerprint density at radius 3 is 2.47 bits per heavy atom. The number of benzene rings is 1. The molecule has 0 amide bonds. The molecule has 2 heterocycles. The number of fused-ring (bicyclic) bond motifs is 3. The second-order valence-electron chi connectivity index (χ2n) is 6.53. The third-order valence-electron chi connectivity index (χ3n) is 4.58. The average molecular weight is 257 g/mol. The lowest BCUT2D eigenvalue weighted by molar-refractivity contribution is -0.571. The molecule has 0 aromatic heterocycles. The highest BCUT2D eigenvalue weighted by molar-refractivity contribution is 5.81. The van der Waals surface area contributed by atoms with Crippen LogP contribution in [0.4, 0.5) is 0 Å². The van der Waals surface area contributed by atoms with Crippen molar-refractivity contribution in [3.05, 3.63) is 35.4 Å². The first-order valence-electron chi connectivity index (χ1n) is 7.52. The summed E-state index contributed by atoms with van der Waals surface area (Å²) in [6, 6.07) is 10.7. The van der Waals surface area contributed by atoms with Gasteiger partial charge in [0.1, 0.15) is 12.6 Å². The normalized spacial score (nSPS) is 25.5. The van der Waals surface area contributed by atoms with Crippen LogP contribution >= 0.6 is 0 Å². The van der Waals surface area contributed by atoms with Crippen molar-refractivity contribution in [1.82, 2.24) is 4.90 Å². The molecular weight excluding hydrogens is 232 g/mol. The summed E-state index contributed by atoms with van der Waals surface area (Å²) in [6.07, 6.45) is 0. The van der Waals surface area contributed by atoms with E-state index in [4.69, 9.17) is 0 Å². The lowest BCUT2D eigenvalue weighted by atomic mass is 9.99. The number of nitrogens with zero attached hydrogens (tertiary/aromatic N) is 2. The fourth-order valence-electron chi connectivity index (χ4n) is 4.03. The predicted octanol–water partition coefficient (Wildman–Crippen LogP) is 3.42. The average Bonchev–Trinajstić information content (AvgIpc) is 2.84. The summed E-state index contributed by atoms with van der Waals surface area (Å²) in [5, 5.41) is 0. The molecule has 0 N–H and O–H groups in total. The topological polar surface area (TPSA) is 6.25 Å². The fourth-order valence-corrected chi connectivity index (χ4v) is 4.03. The van der Waals surface area contributed by atoms with E-state index < -0.39 is 0 Å². The Labute approximate surface area is 116 Å². The van der Waals surface area contributed by atoms with E-state index in [9.17, 15) is 0 Å². The van der Waals surface area contributed by atoms with Crippen molar-refractivity contribution in [2.24, 2.45) is 5.92 Å². The van der Waals surface area contributed by atoms with Crippen LogP contribution in [0, 0.1) is 5.92 Å².